The third-order valence-corrected chi connectivity index (χ3v) is 2.77. The largest absolute Gasteiger partial charge is 0.507 e. The molecule has 4 N–H and O–H groups in total. The number of nitrogens with two attached hydrogens (primary N) is 1. The van der Waals surface area contributed by atoms with Crippen LogP contribution < -0.4 is 11.1 Å². The minimum absolute atomic E-state index is 0.127. The summed E-state index contributed by atoms with van der Waals surface area (Å²) in [6.07, 6.45) is 1.45. The Kier molecular flexibility index (Phi) is 3.57. The summed E-state index contributed by atoms with van der Waals surface area (Å²) in [6, 6.07) is 5.98. The molecular formula is C13H12ClN3O2. The fourth-order valence-electron chi connectivity index (χ4n) is 1.60. The van der Waals surface area contributed by atoms with Crippen LogP contribution in [0.25, 0.3) is 0 Å². The fourth-order valence-corrected chi connectivity index (χ4v) is 1.77. The molecule has 0 unspecified atom stereocenters. The second-order valence-corrected chi connectivity index (χ2v) is 4.49. The van der Waals surface area contributed by atoms with E-state index in [-0.39, 0.29) is 11.3 Å². The van der Waals surface area contributed by atoms with Crippen LogP contribution in [0.5, 0.6) is 5.75 Å². The Bertz CT molecular complexity index is 644. The van der Waals surface area contributed by atoms with Gasteiger partial charge in [-0.25, -0.2) is 4.98 Å². The van der Waals surface area contributed by atoms with Gasteiger partial charge in [-0.1, -0.05) is 11.6 Å². The summed E-state index contributed by atoms with van der Waals surface area (Å²) < 4.78 is 0. The van der Waals surface area contributed by atoms with Crippen LogP contribution in [0.2, 0.25) is 5.02 Å². The molecule has 1 aromatic heterocycles. The van der Waals surface area contributed by atoms with Crippen molar-refractivity contribution in [3.05, 3.63) is 46.6 Å². The molecule has 0 radical (unpaired) electrons. The van der Waals surface area contributed by atoms with Crippen molar-refractivity contribution in [2.75, 3.05) is 11.1 Å². The van der Waals surface area contributed by atoms with Gasteiger partial charge in [0.25, 0.3) is 5.91 Å². The predicted octanol–water partition coefficient (Wildman–Crippen LogP) is 2.58. The van der Waals surface area contributed by atoms with Gasteiger partial charge in [-0.3, -0.25) is 4.79 Å². The van der Waals surface area contributed by atoms with Gasteiger partial charge in [-0.05, 0) is 36.8 Å². The smallest absolute Gasteiger partial charge is 0.260 e. The topological polar surface area (TPSA) is 88.2 Å². The van der Waals surface area contributed by atoms with Gasteiger partial charge in [0, 0.05) is 5.02 Å². The van der Waals surface area contributed by atoms with E-state index in [2.05, 4.69) is 10.3 Å². The minimum atomic E-state index is -0.463. The normalized spacial score (nSPS) is 10.2. The van der Waals surface area contributed by atoms with Gasteiger partial charge in [0.15, 0.2) is 0 Å². The first-order valence-electron chi connectivity index (χ1n) is 5.49. The Morgan fingerprint density at radius 1 is 1.42 bits per heavy atom. The number of nitrogen functional groups attached to an aromatic ring is 1. The van der Waals surface area contributed by atoms with E-state index in [4.69, 9.17) is 17.3 Å². The number of hydrogen-bond acceptors (Lipinski definition) is 4. The van der Waals surface area contributed by atoms with Crippen molar-refractivity contribution in [2.45, 2.75) is 6.92 Å². The maximum atomic E-state index is 12.0. The third-order valence-electron chi connectivity index (χ3n) is 2.54. The van der Waals surface area contributed by atoms with Crippen LogP contribution in [-0.2, 0) is 0 Å². The average molecular weight is 278 g/mol. The number of anilines is 2. The van der Waals surface area contributed by atoms with E-state index in [1.807, 2.05) is 0 Å². The molecular weight excluding hydrogens is 266 g/mol. The van der Waals surface area contributed by atoms with Crippen molar-refractivity contribution in [1.82, 2.24) is 4.98 Å². The number of phenolic OH excluding ortho intramolecular Hbond substituents is 1. The summed E-state index contributed by atoms with van der Waals surface area (Å²) in [4.78, 5) is 16.0. The van der Waals surface area contributed by atoms with Crippen molar-refractivity contribution >= 4 is 29.0 Å². The number of benzene rings is 1. The second-order valence-electron chi connectivity index (χ2n) is 4.05. The van der Waals surface area contributed by atoms with Gasteiger partial charge in [0.1, 0.15) is 11.6 Å². The van der Waals surface area contributed by atoms with Gasteiger partial charge in [0.2, 0.25) is 0 Å². The molecule has 0 aliphatic heterocycles. The molecule has 0 bridgehead atoms. The highest BCUT2D eigenvalue weighted by molar-refractivity contribution is 6.30. The number of nitrogens with zero attached hydrogens (tertiary/aromatic N) is 1. The van der Waals surface area contributed by atoms with Crippen LogP contribution in [0.15, 0.2) is 30.5 Å². The predicted molar refractivity (Wildman–Crippen MR) is 74.5 cm³/mol. The summed E-state index contributed by atoms with van der Waals surface area (Å²) in [5, 5.41) is 12.6. The first-order chi connectivity index (χ1) is 8.97. The molecule has 2 rings (SSSR count). The van der Waals surface area contributed by atoms with Crippen LogP contribution >= 0.6 is 11.6 Å². The number of carbonyl (C=O) groups is 1. The quantitative estimate of drug-likeness (QED) is 0.787. The fraction of sp³-hybridized carbons (Fsp3) is 0.0769. The van der Waals surface area contributed by atoms with Gasteiger partial charge in [-0.15, -0.1) is 0 Å². The van der Waals surface area contributed by atoms with Crippen molar-refractivity contribution in [3.8, 4) is 5.75 Å². The van der Waals surface area contributed by atoms with E-state index >= 15 is 0 Å². The number of aromatic hydroxyl groups is 1. The zero-order valence-electron chi connectivity index (χ0n) is 10.1. The summed E-state index contributed by atoms with van der Waals surface area (Å²) in [5.74, 6) is -0.249. The van der Waals surface area contributed by atoms with E-state index in [1.54, 1.807) is 13.0 Å². The second kappa shape index (κ2) is 5.16. The molecule has 6 heteroatoms. The molecule has 1 aromatic carbocycles. The monoisotopic (exact) mass is 277 g/mol. The highest BCUT2D eigenvalue weighted by Crippen LogP contribution is 2.23. The number of halogens is 1. The molecule has 0 atom stereocenters. The number of rotatable bonds is 2. The van der Waals surface area contributed by atoms with Crippen LogP contribution in [0.3, 0.4) is 0 Å². The number of hydrogen-bond donors (Lipinski definition) is 3. The van der Waals surface area contributed by atoms with Crippen LogP contribution in [0, 0.1) is 6.92 Å². The van der Waals surface area contributed by atoms with Gasteiger partial charge in [-0.2, -0.15) is 0 Å². The maximum absolute atomic E-state index is 12.0. The lowest BCUT2D eigenvalue weighted by Crippen LogP contribution is -2.14. The molecule has 0 spiro atoms. The molecule has 0 aliphatic rings. The molecule has 98 valence electrons. The Balaban J connectivity index is 2.25. The van der Waals surface area contributed by atoms with Crippen LogP contribution in [0.1, 0.15) is 15.9 Å². The molecule has 19 heavy (non-hydrogen) atoms. The van der Waals surface area contributed by atoms with Crippen molar-refractivity contribution in [1.29, 1.82) is 0 Å². The highest BCUT2D eigenvalue weighted by Gasteiger charge is 2.13. The average Bonchev–Trinajstić information content (AvgIpc) is 2.32. The molecule has 0 fully saturated rings. The van der Waals surface area contributed by atoms with Crippen molar-refractivity contribution < 1.29 is 9.90 Å². The lowest BCUT2D eigenvalue weighted by atomic mass is 10.2. The van der Waals surface area contributed by atoms with Crippen molar-refractivity contribution in [2.24, 2.45) is 0 Å². The zero-order valence-corrected chi connectivity index (χ0v) is 10.9. The van der Waals surface area contributed by atoms with E-state index in [0.717, 1.165) is 5.56 Å². The molecule has 5 nitrogen and oxygen atoms in total. The SMILES string of the molecule is Cc1cc(N)cnc1NC(=O)c1ccc(Cl)cc1O. The first kappa shape index (κ1) is 13.2. The first-order valence-corrected chi connectivity index (χ1v) is 5.87. The highest BCUT2D eigenvalue weighted by atomic mass is 35.5. The Labute approximate surface area is 115 Å². The number of aromatic nitrogens is 1. The van der Waals surface area contributed by atoms with E-state index < -0.39 is 5.91 Å². The summed E-state index contributed by atoms with van der Waals surface area (Å²) in [6.45, 7) is 1.78. The zero-order chi connectivity index (χ0) is 14.0. The third kappa shape index (κ3) is 2.95. The lowest BCUT2D eigenvalue weighted by molar-refractivity contribution is 0.102. The van der Waals surface area contributed by atoms with E-state index in [9.17, 15) is 9.90 Å². The molecule has 1 amide bonds. The molecule has 0 saturated carbocycles. The lowest BCUT2D eigenvalue weighted by Gasteiger charge is -2.09. The van der Waals surface area contributed by atoms with E-state index in [1.165, 1.54) is 24.4 Å². The molecule has 0 saturated heterocycles. The number of pyridine rings is 1. The van der Waals surface area contributed by atoms with Gasteiger partial charge < -0.3 is 16.2 Å². The summed E-state index contributed by atoms with van der Waals surface area (Å²) in [7, 11) is 0. The standard InChI is InChI=1S/C13H12ClN3O2/c1-7-4-9(15)6-16-12(7)17-13(19)10-3-2-8(14)5-11(10)18/h2-6,18H,15H2,1H3,(H,16,17,19). The Morgan fingerprint density at radius 3 is 2.79 bits per heavy atom. The number of nitrogens with one attached hydrogen (secondary N) is 1. The van der Waals surface area contributed by atoms with Crippen LogP contribution in [0.4, 0.5) is 11.5 Å². The summed E-state index contributed by atoms with van der Waals surface area (Å²) in [5.41, 5.74) is 6.96. The Hall–Kier alpha value is -2.27. The Morgan fingerprint density at radius 2 is 2.16 bits per heavy atom. The van der Waals surface area contributed by atoms with Gasteiger partial charge >= 0.3 is 0 Å². The number of phenols is 1. The summed E-state index contributed by atoms with van der Waals surface area (Å²) >= 11 is 5.71. The molecule has 0 aliphatic carbocycles. The minimum Gasteiger partial charge on any atom is -0.507 e. The number of amides is 1. The number of carbonyl (C=O) groups excluding carboxylic acids is 1. The maximum Gasteiger partial charge on any atom is 0.260 e. The van der Waals surface area contributed by atoms with Gasteiger partial charge in [0.05, 0.1) is 17.4 Å². The molecule has 2 aromatic rings. The van der Waals surface area contributed by atoms with Crippen LogP contribution in [-0.4, -0.2) is 16.0 Å². The van der Waals surface area contributed by atoms with Crippen molar-refractivity contribution in [3.63, 3.8) is 0 Å². The molecule has 1 heterocycles. The van der Waals surface area contributed by atoms with E-state index in [0.29, 0.717) is 16.5 Å². The number of aryl methyl sites for hydroxylation is 1.